The van der Waals surface area contributed by atoms with Crippen molar-refractivity contribution in [2.45, 2.75) is 19.9 Å². The van der Waals surface area contributed by atoms with Crippen LogP contribution in [-0.2, 0) is 4.79 Å². The Morgan fingerprint density at radius 3 is 2.60 bits per heavy atom. The molecule has 3 heteroatoms. The summed E-state index contributed by atoms with van der Waals surface area (Å²) in [5, 5.41) is 0. The first-order valence-corrected chi connectivity index (χ1v) is 4.94. The van der Waals surface area contributed by atoms with Crippen LogP contribution in [0.2, 0.25) is 0 Å². The van der Waals surface area contributed by atoms with Crippen LogP contribution in [0.1, 0.15) is 19.4 Å². The van der Waals surface area contributed by atoms with E-state index in [2.05, 4.69) is 10.9 Å². The number of hydrazine groups is 1. The van der Waals surface area contributed by atoms with E-state index in [0.29, 0.717) is 0 Å². The van der Waals surface area contributed by atoms with Gasteiger partial charge in [0.2, 0.25) is 5.91 Å². The smallest absolute Gasteiger partial charge is 0.230 e. The summed E-state index contributed by atoms with van der Waals surface area (Å²) < 4.78 is 0. The lowest BCUT2D eigenvalue weighted by Crippen LogP contribution is -2.40. The number of carbonyl (C=O) groups excluding carboxylic acids is 1. The molecule has 1 atom stereocenters. The first-order valence-electron chi connectivity index (χ1n) is 4.94. The zero-order valence-corrected chi connectivity index (χ0v) is 9.03. The monoisotopic (exact) mass is 204 g/mol. The van der Waals surface area contributed by atoms with Gasteiger partial charge in [-0.3, -0.25) is 10.2 Å². The molecule has 1 aromatic rings. The van der Waals surface area contributed by atoms with E-state index in [9.17, 15) is 4.79 Å². The second kappa shape index (κ2) is 5.98. The van der Waals surface area contributed by atoms with E-state index in [-0.39, 0.29) is 11.9 Å². The van der Waals surface area contributed by atoms with Crippen molar-refractivity contribution in [3.05, 3.63) is 42.0 Å². The summed E-state index contributed by atoms with van der Waals surface area (Å²) in [6.07, 6.45) is 4.00. The summed E-state index contributed by atoms with van der Waals surface area (Å²) in [5.74, 6) is -0.0880. The van der Waals surface area contributed by atoms with Gasteiger partial charge in [-0.2, -0.15) is 0 Å². The van der Waals surface area contributed by atoms with Crippen LogP contribution in [0.25, 0.3) is 6.08 Å². The van der Waals surface area contributed by atoms with Gasteiger partial charge in [-0.25, -0.2) is 5.43 Å². The fraction of sp³-hybridized carbons (Fsp3) is 0.250. The Balaban J connectivity index is 2.41. The molecule has 3 nitrogen and oxygen atoms in total. The zero-order valence-electron chi connectivity index (χ0n) is 9.03. The van der Waals surface area contributed by atoms with Crippen molar-refractivity contribution in [1.29, 1.82) is 0 Å². The first-order chi connectivity index (χ1) is 7.18. The normalized spacial score (nSPS) is 12.7. The van der Waals surface area contributed by atoms with Gasteiger partial charge in [0.25, 0.3) is 0 Å². The highest BCUT2D eigenvalue weighted by atomic mass is 16.2. The molecular formula is C12H16N2O. The molecule has 0 aromatic heterocycles. The van der Waals surface area contributed by atoms with Crippen LogP contribution in [0.3, 0.4) is 0 Å². The third kappa shape index (κ3) is 4.98. The number of hydrogen-bond donors (Lipinski definition) is 2. The number of nitrogens with one attached hydrogen (secondary N) is 2. The standard InChI is InChI=1S/C12H16N2O/c1-10(13-14-11(2)15)8-9-12-6-4-3-5-7-12/h3-10,13H,1-2H3,(H,14,15)/b9-8+. The van der Waals surface area contributed by atoms with Gasteiger partial charge in [0.1, 0.15) is 0 Å². The fourth-order valence-corrected chi connectivity index (χ4v) is 1.08. The minimum atomic E-state index is -0.0880. The predicted octanol–water partition coefficient (Wildman–Crippen LogP) is 1.73. The number of hydrogen-bond acceptors (Lipinski definition) is 2. The molecule has 0 saturated carbocycles. The molecule has 0 aliphatic carbocycles. The zero-order chi connectivity index (χ0) is 11.1. The van der Waals surface area contributed by atoms with Crippen molar-refractivity contribution in [3.63, 3.8) is 0 Å². The molecule has 0 fully saturated rings. The third-order valence-corrected chi connectivity index (χ3v) is 1.85. The van der Waals surface area contributed by atoms with Gasteiger partial charge >= 0.3 is 0 Å². The molecule has 80 valence electrons. The summed E-state index contributed by atoms with van der Waals surface area (Å²) >= 11 is 0. The average molecular weight is 204 g/mol. The van der Waals surface area contributed by atoms with Gasteiger partial charge in [-0.1, -0.05) is 42.5 Å². The molecule has 0 heterocycles. The number of carbonyl (C=O) groups is 1. The van der Waals surface area contributed by atoms with Crippen LogP contribution in [0.15, 0.2) is 36.4 Å². The molecule has 0 aliphatic heterocycles. The van der Waals surface area contributed by atoms with Gasteiger partial charge < -0.3 is 0 Å². The van der Waals surface area contributed by atoms with Crippen molar-refractivity contribution in [2.24, 2.45) is 0 Å². The maximum Gasteiger partial charge on any atom is 0.230 e. The van der Waals surface area contributed by atoms with Gasteiger partial charge in [0, 0.05) is 13.0 Å². The highest BCUT2D eigenvalue weighted by Crippen LogP contribution is 2.01. The summed E-state index contributed by atoms with van der Waals surface area (Å²) in [5.41, 5.74) is 6.55. The van der Waals surface area contributed by atoms with E-state index in [1.54, 1.807) is 0 Å². The number of amides is 1. The lowest BCUT2D eigenvalue weighted by atomic mass is 10.2. The molecule has 1 rings (SSSR count). The van der Waals surface area contributed by atoms with Gasteiger partial charge in [0.15, 0.2) is 0 Å². The Bertz CT molecular complexity index is 333. The van der Waals surface area contributed by atoms with E-state index in [1.807, 2.05) is 49.4 Å². The highest BCUT2D eigenvalue weighted by Gasteiger charge is 1.95. The van der Waals surface area contributed by atoms with E-state index in [0.717, 1.165) is 5.56 Å². The summed E-state index contributed by atoms with van der Waals surface area (Å²) in [6.45, 7) is 3.44. The van der Waals surface area contributed by atoms with E-state index >= 15 is 0 Å². The maximum absolute atomic E-state index is 10.6. The molecule has 0 saturated heterocycles. The average Bonchev–Trinajstić information content (AvgIpc) is 2.25. The molecule has 1 unspecified atom stereocenters. The second-order valence-electron chi connectivity index (χ2n) is 3.38. The molecule has 15 heavy (non-hydrogen) atoms. The molecule has 1 amide bonds. The van der Waals surface area contributed by atoms with Crippen molar-refractivity contribution >= 4 is 12.0 Å². The number of benzene rings is 1. The van der Waals surface area contributed by atoms with Crippen molar-refractivity contribution in [1.82, 2.24) is 10.9 Å². The van der Waals surface area contributed by atoms with Crippen LogP contribution in [-0.4, -0.2) is 11.9 Å². The molecule has 0 spiro atoms. The molecule has 0 aliphatic rings. The Morgan fingerprint density at radius 2 is 2.00 bits per heavy atom. The Hall–Kier alpha value is -1.61. The minimum absolute atomic E-state index is 0.0880. The molecule has 0 radical (unpaired) electrons. The Kier molecular flexibility index (Phi) is 4.57. The largest absolute Gasteiger partial charge is 0.291 e. The summed E-state index contributed by atoms with van der Waals surface area (Å²) in [6, 6.07) is 10.1. The van der Waals surface area contributed by atoms with E-state index < -0.39 is 0 Å². The molecule has 1 aromatic carbocycles. The number of rotatable bonds is 4. The highest BCUT2D eigenvalue weighted by molar-refractivity contribution is 5.72. The van der Waals surface area contributed by atoms with Crippen LogP contribution >= 0.6 is 0 Å². The van der Waals surface area contributed by atoms with Gasteiger partial charge in [-0.15, -0.1) is 0 Å². The topological polar surface area (TPSA) is 41.1 Å². The van der Waals surface area contributed by atoms with Crippen LogP contribution in [0, 0.1) is 0 Å². The van der Waals surface area contributed by atoms with E-state index in [1.165, 1.54) is 6.92 Å². The van der Waals surface area contributed by atoms with Crippen molar-refractivity contribution < 1.29 is 4.79 Å². The Morgan fingerprint density at radius 1 is 1.33 bits per heavy atom. The van der Waals surface area contributed by atoms with Crippen molar-refractivity contribution in [2.75, 3.05) is 0 Å². The molecule has 0 bridgehead atoms. The summed E-state index contributed by atoms with van der Waals surface area (Å²) in [7, 11) is 0. The SMILES string of the molecule is CC(=O)NNC(C)/C=C/c1ccccc1. The first kappa shape index (κ1) is 11.5. The van der Waals surface area contributed by atoms with Crippen molar-refractivity contribution in [3.8, 4) is 0 Å². The second-order valence-corrected chi connectivity index (χ2v) is 3.38. The molecule has 2 N–H and O–H groups in total. The maximum atomic E-state index is 10.6. The lowest BCUT2D eigenvalue weighted by molar-refractivity contribution is -0.120. The van der Waals surface area contributed by atoms with Gasteiger partial charge in [0.05, 0.1) is 0 Å². The molecular weight excluding hydrogens is 188 g/mol. The van der Waals surface area contributed by atoms with E-state index in [4.69, 9.17) is 0 Å². The quantitative estimate of drug-likeness (QED) is 0.733. The Labute approximate surface area is 90.2 Å². The fourth-order valence-electron chi connectivity index (χ4n) is 1.08. The minimum Gasteiger partial charge on any atom is -0.291 e. The lowest BCUT2D eigenvalue weighted by Gasteiger charge is -2.08. The predicted molar refractivity (Wildman–Crippen MR) is 61.9 cm³/mol. The van der Waals surface area contributed by atoms with Crippen LogP contribution < -0.4 is 10.9 Å². The van der Waals surface area contributed by atoms with Crippen LogP contribution in [0.4, 0.5) is 0 Å². The summed E-state index contributed by atoms with van der Waals surface area (Å²) in [4.78, 5) is 10.6. The third-order valence-electron chi connectivity index (χ3n) is 1.85. The van der Waals surface area contributed by atoms with Gasteiger partial charge in [-0.05, 0) is 12.5 Å². The van der Waals surface area contributed by atoms with Crippen LogP contribution in [0.5, 0.6) is 0 Å².